The Hall–Kier alpha value is -0.0400. The van der Waals surface area contributed by atoms with Crippen LogP contribution in [0.4, 0.5) is 0 Å². The maximum atomic E-state index is 5.41. The summed E-state index contributed by atoms with van der Waals surface area (Å²) >= 11 is 0. The van der Waals surface area contributed by atoms with Gasteiger partial charge in [-0.05, 0) is 19.4 Å². The highest BCUT2D eigenvalue weighted by atomic mass is 14.5. The van der Waals surface area contributed by atoms with Gasteiger partial charge in [0.15, 0.2) is 0 Å². The molecular formula is C13H28N. The molecule has 14 heavy (non-hydrogen) atoms. The first-order valence-electron chi connectivity index (χ1n) is 6.43. The zero-order valence-corrected chi connectivity index (χ0v) is 9.93. The molecule has 1 radical (unpaired) electrons. The molecule has 0 aliphatic rings. The Morgan fingerprint density at radius 3 is 1.93 bits per heavy atom. The summed E-state index contributed by atoms with van der Waals surface area (Å²) in [7, 11) is 0. The van der Waals surface area contributed by atoms with Crippen molar-refractivity contribution < 1.29 is 0 Å². The highest BCUT2D eigenvalue weighted by Crippen LogP contribution is 2.10. The molecule has 0 aromatic rings. The second-order valence-electron chi connectivity index (χ2n) is 4.13. The summed E-state index contributed by atoms with van der Waals surface area (Å²) in [5.41, 5.74) is 5.41. The average Bonchev–Trinajstić information content (AvgIpc) is 2.21. The lowest BCUT2D eigenvalue weighted by molar-refractivity contribution is 0.572. The summed E-state index contributed by atoms with van der Waals surface area (Å²) in [4.78, 5) is 0. The minimum atomic E-state index is 0.816. The number of hydrogen-bond donors (Lipinski definition) is 1. The maximum absolute atomic E-state index is 5.41. The van der Waals surface area contributed by atoms with E-state index < -0.39 is 0 Å². The molecule has 85 valence electrons. The van der Waals surface area contributed by atoms with Crippen molar-refractivity contribution in [2.45, 2.75) is 71.1 Å². The van der Waals surface area contributed by atoms with E-state index in [0.717, 1.165) is 13.0 Å². The quantitative estimate of drug-likeness (QED) is 0.498. The number of nitrogens with two attached hydrogens (primary N) is 1. The Labute approximate surface area is 90.5 Å². The average molecular weight is 198 g/mol. The van der Waals surface area contributed by atoms with Crippen molar-refractivity contribution in [3.05, 3.63) is 6.42 Å². The molecule has 2 N–H and O–H groups in total. The molecule has 0 aliphatic heterocycles. The van der Waals surface area contributed by atoms with Gasteiger partial charge in [0.2, 0.25) is 0 Å². The second kappa shape index (κ2) is 13.0. The van der Waals surface area contributed by atoms with Crippen molar-refractivity contribution in [1.29, 1.82) is 0 Å². The Bertz CT molecular complexity index is 79.2. The van der Waals surface area contributed by atoms with Crippen molar-refractivity contribution in [3.63, 3.8) is 0 Å². The Morgan fingerprint density at radius 2 is 1.36 bits per heavy atom. The second-order valence-corrected chi connectivity index (χ2v) is 4.13. The number of rotatable bonds is 11. The zero-order valence-electron chi connectivity index (χ0n) is 9.93. The van der Waals surface area contributed by atoms with Crippen LogP contribution in [-0.2, 0) is 0 Å². The van der Waals surface area contributed by atoms with Gasteiger partial charge in [-0.2, -0.15) is 0 Å². The van der Waals surface area contributed by atoms with Crippen LogP contribution in [0.5, 0.6) is 0 Å². The molecule has 0 unspecified atom stereocenters. The maximum Gasteiger partial charge on any atom is -0.00745 e. The lowest BCUT2D eigenvalue weighted by Crippen LogP contribution is -1.97. The molecule has 0 heterocycles. The lowest BCUT2D eigenvalue weighted by Gasteiger charge is -2.01. The van der Waals surface area contributed by atoms with Crippen LogP contribution < -0.4 is 5.73 Å². The zero-order chi connectivity index (χ0) is 10.5. The Morgan fingerprint density at radius 1 is 0.786 bits per heavy atom. The summed E-state index contributed by atoms with van der Waals surface area (Å²) in [5.74, 6) is 0. The smallest absolute Gasteiger partial charge is 0.00745 e. The molecule has 0 saturated heterocycles. The molecule has 0 spiro atoms. The SMILES string of the molecule is CCCCCCCCCC[CH]CCN. The molecule has 0 atom stereocenters. The number of hydrogen-bond acceptors (Lipinski definition) is 1. The van der Waals surface area contributed by atoms with Crippen LogP contribution in [0.3, 0.4) is 0 Å². The van der Waals surface area contributed by atoms with E-state index >= 15 is 0 Å². The minimum absolute atomic E-state index is 0.816. The molecule has 0 amide bonds. The van der Waals surface area contributed by atoms with Crippen molar-refractivity contribution >= 4 is 0 Å². The molecular weight excluding hydrogens is 170 g/mol. The first-order chi connectivity index (χ1) is 6.91. The van der Waals surface area contributed by atoms with Crippen LogP contribution in [0.1, 0.15) is 71.1 Å². The fourth-order valence-electron chi connectivity index (χ4n) is 1.68. The van der Waals surface area contributed by atoms with E-state index in [4.69, 9.17) is 5.73 Å². The van der Waals surface area contributed by atoms with E-state index in [9.17, 15) is 0 Å². The van der Waals surface area contributed by atoms with E-state index in [1.54, 1.807) is 0 Å². The van der Waals surface area contributed by atoms with Gasteiger partial charge in [-0.15, -0.1) is 0 Å². The first-order valence-corrected chi connectivity index (χ1v) is 6.43. The molecule has 0 fully saturated rings. The van der Waals surface area contributed by atoms with Gasteiger partial charge in [0.05, 0.1) is 0 Å². The van der Waals surface area contributed by atoms with Crippen molar-refractivity contribution in [1.82, 2.24) is 0 Å². The topological polar surface area (TPSA) is 26.0 Å². The van der Waals surface area contributed by atoms with Crippen molar-refractivity contribution in [2.75, 3.05) is 6.54 Å². The molecule has 0 aliphatic carbocycles. The molecule has 0 rings (SSSR count). The monoisotopic (exact) mass is 198 g/mol. The van der Waals surface area contributed by atoms with Gasteiger partial charge in [-0.3, -0.25) is 0 Å². The summed E-state index contributed by atoms with van der Waals surface area (Å²) in [6, 6.07) is 0. The van der Waals surface area contributed by atoms with Gasteiger partial charge >= 0.3 is 0 Å². The predicted octanol–water partition coefficient (Wildman–Crippen LogP) is 4.07. The predicted molar refractivity (Wildman–Crippen MR) is 65.2 cm³/mol. The summed E-state index contributed by atoms with van der Waals surface area (Å²) in [6.07, 6.45) is 16.0. The van der Waals surface area contributed by atoms with Gasteiger partial charge in [0.1, 0.15) is 0 Å². The normalized spacial score (nSPS) is 10.7. The van der Waals surface area contributed by atoms with Crippen LogP contribution in [0, 0.1) is 6.42 Å². The summed E-state index contributed by atoms with van der Waals surface area (Å²) in [5, 5.41) is 0. The molecule has 0 saturated carbocycles. The molecule has 0 aromatic heterocycles. The number of unbranched alkanes of at least 4 members (excludes halogenated alkanes) is 10. The van der Waals surface area contributed by atoms with Gasteiger partial charge in [-0.1, -0.05) is 64.7 Å². The minimum Gasteiger partial charge on any atom is -0.330 e. The Balaban J connectivity index is 2.78. The van der Waals surface area contributed by atoms with Gasteiger partial charge in [-0.25, -0.2) is 0 Å². The van der Waals surface area contributed by atoms with Crippen LogP contribution in [0.15, 0.2) is 0 Å². The van der Waals surface area contributed by atoms with E-state index in [2.05, 4.69) is 13.3 Å². The highest BCUT2D eigenvalue weighted by Gasteiger charge is 1.91. The summed E-state index contributed by atoms with van der Waals surface area (Å²) < 4.78 is 0. The van der Waals surface area contributed by atoms with E-state index in [0.29, 0.717) is 0 Å². The molecule has 1 heteroatoms. The van der Waals surface area contributed by atoms with Crippen molar-refractivity contribution in [3.8, 4) is 0 Å². The van der Waals surface area contributed by atoms with Crippen LogP contribution >= 0.6 is 0 Å². The first kappa shape index (κ1) is 14.0. The van der Waals surface area contributed by atoms with Crippen molar-refractivity contribution in [2.24, 2.45) is 5.73 Å². The molecule has 0 bridgehead atoms. The fourth-order valence-corrected chi connectivity index (χ4v) is 1.68. The van der Waals surface area contributed by atoms with Crippen LogP contribution in [0.25, 0.3) is 0 Å². The largest absolute Gasteiger partial charge is 0.330 e. The lowest BCUT2D eigenvalue weighted by atomic mass is 10.1. The third-order valence-corrected chi connectivity index (χ3v) is 2.63. The summed E-state index contributed by atoms with van der Waals surface area (Å²) in [6.45, 7) is 3.09. The molecule has 0 aromatic carbocycles. The van der Waals surface area contributed by atoms with Gasteiger partial charge < -0.3 is 5.73 Å². The third kappa shape index (κ3) is 12.0. The van der Waals surface area contributed by atoms with E-state index in [1.165, 1.54) is 57.8 Å². The third-order valence-electron chi connectivity index (χ3n) is 2.63. The van der Waals surface area contributed by atoms with Gasteiger partial charge in [0.25, 0.3) is 0 Å². The standard InChI is InChI=1S/C13H28N/c1-2-3-4-5-6-7-8-9-10-11-12-13-14/h11H,2-10,12-14H2,1H3. The van der Waals surface area contributed by atoms with Gasteiger partial charge in [0, 0.05) is 0 Å². The van der Waals surface area contributed by atoms with Crippen LogP contribution in [0.2, 0.25) is 0 Å². The van der Waals surface area contributed by atoms with Crippen LogP contribution in [-0.4, -0.2) is 6.54 Å². The Kier molecular flexibility index (Phi) is 12.9. The highest BCUT2D eigenvalue weighted by molar-refractivity contribution is 4.64. The van der Waals surface area contributed by atoms with E-state index in [-0.39, 0.29) is 0 Å². The van der Waals surface area contributed by atoms with E-state index in [1.807, 2.05) is 0 Å². The fraction of sp³-hybridized carbons (Fsp3) is 0.923. The molecule has 1 nitrogen and oxygen atoms in total.